The van der Waals surface area contributed by atoms with Crippen molar-refractivity contribution in [3.05, 3.63) is 29.6 Å². The molecule has 0 aromatic heterocycles. The molecule has 21 heavy (non-hydrogen) atoms. The zero-order chi connectivity index (χ0) is 15.6. The van der Waals surface area contributed by atoms with Crippen LogP contribution in [-0.4, -0.2) is 23.5 Å². The minimum Gasteiger partial charge on any atom is -0.395 e. The van der Waals surface area contributed by atoms with E-state index in [9.17, 15) is 14.0 Å². The molecule has 1 saturated heterocycles. The van der Waals surface area contributed by atoms with Crippen LogP contribution in [0.15, 0.2) is 18.2 Å². The van der Waals surface area contributed by atoms with Gasteiger partial charge in [-0.25, -0.2) is 9.29 Å². The molecule has 1 aliphatic heterocycles. The van der Waals surface area contributed by atoms with Crippen LogP contribution in [0.5, 0.6) is 0 Å². The molecule has 4 nitrogen and oxygen atoms in total. The first-order chi connectivity index (χ1) is 9.86. The molecule has 1 aliphatic rings. The maximum absolute atomic E-state index is 14.1. The van der Waals surface area contributed by atoms with Gasteiger partial charge in [-0.3, -0.25) is 9.59 Å². The van der Waals surface area contributed by atoms with Gasteiger partial charge >= 0.3 is 0 Å². The predicted molar refractivity (Wildman–Crippen MR) is 75.9 cm³/mol. The molecule has 2 rings (SSSR count). The largest absolute Gasteiger partial charge is 0.395 e. The summed E-state index contributed by atoms with van der Waals surface area (Å²) in [7, 11) is 0. The van der Waals surface area contributed by atoms with E-state index in [1.54, 1.807) is 19.9 Å². The quantitative estimate of drug-likeness (QED) is 0.667. The molecule has 5 heteroatoms. The maximum atomic E-state index is 14.1. The number of carbonyl (C=O) groups is 2. The van der Waals surface area contributed by atoms with Crippen LogP contribution in [0.2, 0.25) is 0 Å². The summed E-state index contributed by atoms with van der Waals surface area (Å²) in [5, 5.41) is 8.64. The molecule has 2 amide bonds. The van der Waals surface area contributed by atoms with Gasteiger partial charge in [0.1, 0.15) is 5.82 Å². The predicted octanol–water partition coefficient (Wildman–Crippen LogP) is 1.85. The van der Waals surface area contributed by atoms with E-state index in [0.717, 1.165) is 4.90 Å². The summed E-state index contributed by atoms with van der Waals surface area (Å²) in [5.41, 5.74) is -0.408. The molecule has 1 fully saturated rings. The van der Waals surface area contributed by atoms with Crippen molar-refractivity contribution in [1.82, 2.24) is 0 Å². The number of hydrogen-bond acceptors (Lipinski definition) is 3. The normalized spacial score (nSPS) is 16.9. The number of imide groups is 1. The van der Waals surface area contributed by atoms with Crippen LogP contribution in [0.25, 0.3) is 0 Å². The number of hydrogen-bond donors (Lipinski definition) is 1. The van der Waals surface area contributed by atoms with Crippen LogP contribution in [-0.2, 0) is 9.59 Å². The Morgan fingerprint density at radius 3 is 2.62 bits per heavy atom. The number of aliphatic hydroxyl groups excluding tert-OH is 1. The Bertz CT molecular complexity index is 655. The average Bonchev–Trinajstić information content (AvgIpc) is 2.60. The molecule has 1 aromatic carbocycles. The van der Waals surface area contributed by atoms with Gasteiger partial charge in [-0.15, -0.1) is 0 Å². The minimum atomic E-state index is -0.802. The third kappa shape index (κ3) is 2.96. The van der Waals surface area contributed by atoms with Crippen molar-refractivity contribution in [2.45, 2.75) is 26.7 Å². The SMILES string of the molecule is CC1(C)CC(=O)N(c2ccc(C#CCCO)cc2F)C1=O. The number of rotatable bonds is 2. The van der Waals surface area contributed by atoms with Crippen LogP contribution in [0, 0.1) is 23.1 Å². The lowest BCUT2D eigenvalue weighted by atomic mass is 9.92. The van der Waals surface area contributed by atoms with Gasteiger partial charge in [0.25, 0.3) is 0 Å². The average molecular weight is 289 g/mol. The van der Waals surface area contributed by atoms with Crippen LogP contribution >= 0.6 is 0 Å². The smallest absolute Gasteiger partial charge is 0.240 e. The minimum absolute atomic E-state index is 0.0386. The second-order valence-electron chi connectivity index (χ2n) is 5.54. The van der Waals surface area contributed by atoms with Crippen LogP contribution in [0.4, 0.5) is 10.1 Å². The van der Waals surface area contributed by atoms with Crippen molar-refractivity contribution >= 4 is 17.5 Å². The summed E-state index contributed by atoms with van der Waals surface area (Å²) >= 11 is 0. The Kier molecular flexibility index (Phi) is 4.10. The van der Waals surface area contributed by atoms with Gasteiger partial charge in [0.15, 0.2) is 0 Å². The van der Waals surface area contributed by atoms with Gasteiger partial charge in [-0.05, 0) is 18.2 Å². The standard InChI is InChI=1S/C16H16FNO3/c1-16(2)10-14(20)18(15(16)21)13-7-6-11(9-12(13)17)5-3-4-8-19/h6-7,9,19H,4,8,10H2,1-2H3. The molecule has 1 aromatic rings. The number of amides is 2. The van der Waals surface area contributed by atoms with E-state index in [2.05, 4.69) is 11.8 Å². The highest BCUT2D eigenvalue weighted by Crippen LogP contribution is 2.36. The van der Waals surface area contributed by atoms with E-state index in [1.807, 2.05) is 0 Å². The molecule has 0 saturated carbocycles. The van der Waals surface area contributed by atoms with E-state index in [-0.39, 0.29) is 18.7 Å². The van der Waals surface area contributed by atoms with Crippen molar-refractivity contribution in [3.8, 4) is 11.8 Å². The fraction of sp³-hybridized carbons (Fsp3) is 0.375. The molecule has 0 radical (unpaired) electrons. The number of halogens is 1. The maximum Gasteiger partial charge on any atom is 0.240 e. The van der Waals surface area contributed by atoms with Crippen LogP contribution in [0.1, 0.15) is 32.3 Å². The van der Waals surface area contributed by atoms with Crippen molar-refractivity contribution < 1.29 is 19.1 Å². The van der Waals surface area contributed by atoms with Crippen LogP contribution < -0.4 is 4.90 Å². The van der Waals surface area contributed by atoms with Gasteiger partial charge < -0.3 is 5.11 Å². The molecule has 0 aliphatic carbocycles. The topological polar surface area (TPSA) is 57.6 Å². The summed E-state index contributed by atoms with van der Waals surface area (Å²) < 4.78 is 14.1. The Morgan fingerprint density at radius 1 is 1.38 bits per heavy atom. The first kappa shape index (κ1) is 15.2. The van der Waals surface area contributed by atoms with E-state index in [4.69, 9.17) is 5.11 Å². The third-order valence-corrected chi connectivity index (χ3v) is 3.28. The van der Waals surface area contributed by atoms with Crippen LogP contribution in [0.3, 0.4) is 0 Å². The summed E-state index contributed by atoms with van der Waals surface area (Å²) in [4.78, 5) is 25.0. The Labute approximate surface area is 122 Å². The van der Waals surface area contributed by atoms with Gasteiger partial charge in [0.2, 0.25) is 11.8 Å². The zero-order valence-corrected chi connectivity index (χ0v) is 11.9. The summed E-state index contributed by atoms with van der Waals surface area (Å²) in [6.45, 7) is 3.28. The highest BCUT2D eigenvalue weighted by molar-refractivity contribution is 6.22. The Morgan fingerprint density at radius 2 is 2.10 bits per heavy atom. The van der Waals surface area contributed by atoms with Crippen molar-refractivity contribution in [1.29, 1.82) is 0 Å². The van der Waals surface area contributed by atoms with E-state index < -0.39 is 23.0 Å². The summed E-state index contributed by atoms with van der Waals surface area (Å²) in [5.74, 6) is 3.93. The summed E-state index contributed by atoms with van der Waals surface area (Å²) in [6, 6.07) is 4.12. The van der Waals surface area contributed by atoms with Crippen molar-refractivity contribution in [3.63, 3.8) is 0 Å². The lowest BCUT2D eigenvalue weighted by molar-refractivity contribution is -0.124. The van der Waals surface area contributed by atoms with Gasteiger partial charge in [0.05, 0.1) is 17.7 Å². The highest BCUT2D eigenvalue weighted by atomic mass is 19.1. The lowest BCUT2D eigenvalue weighted by Gasteiger charge is -2.18. The van der Waals surface area contributed by atoms with E-state index in [0.29, 0.717) is 12.0 Å². The molecular weight excluding hydrogens is 273 g/mol. The van der Waals surface area contributed by atoms with Gasteiger partial charge in [-0.2, -0.15) is 0 Å². The monoisotopic (exact) mass is 289 g/mol. The Hall–Kier alpha value is -2.19. The molecule has 1 heterocycles. The van der Waals surface area contributed by atoms with E-state index >= 15 is 0 Å². The van der Waals surface area contributed by atoms with Crippen molar-refractivity contribution in [2.75, 3.05) is 11.5 Å². The molecule has 0 bridgehead atoms. The molecule has 0 atom stereocenters. The van der Waals surface area contributed by atoms with Gasteiger partial charge in [0, 0.05) is 18.4 Å². The fourth-order valence-corrected chi connectivity index (χ4v) is 2.18. The first-order valence-corrected chi connectivity index (χ1v) is 6.63. The second kappa shape index (κ2) is 5.66. The number of carbonyl (C=O) groups excluding carboxylic acids is 2. The fourth-order valence-electron chi connectivity index (χ4n) is 2.18. The lowest BCUT2D eigenvalue weighted by Crippen LogP contribution is -2.33. The van der Waals surface area contributed by atoms with E-state index in [1.165, 1.54) is 12.1 Å². The summed E-state index contributed by atoms with van der Waals surface area (Å²) in [6.07, 6.45) is 0.379. The number of anilines is 1. The molecule has 0 unspecified atom stereocenters. The number of benzene rings is 1. The van der Waals surface area contributed by atoms with Gasteiger partial charge in [-0.1, -0.05) is 25.7 Å². The third-order valence-electron chi connectivity index (χ3n) is 3.28. The first-order valence-electron chi connectivity index (χ1n) is 6.63. The number of aliphatic hydroxyl groups is 1. The molecular formula is C16H16FNO3. The molecule has 1 N–H and O–H groups in total. The molecule has 0 spiro atoms. The van der Waals surface area contributed by atoms with Crippen molar-refractivity contribution in [2.24, 2.45) is 5.41 Å². The second-order valence-corrected chi connectivity index (χ2v) is 5.54. The Balaban J connectivity index is 2.33. The molecule has 110 valence electrons. The number of nitrogens with zero attached hydrogens (tertiary/aromatic N) is 1. The highest BCUT2D eigenvalue weighted by Gasteiger charge is 2.46. The zero-order valence-electron chi connectivity index (χ0n) is 11.9.